The van der Waals surface area contributed by atoms with Gasteiger partial charge < -0.3 is 10.0 Å². The lowest BCUT2D eigenvalue weighted by atomic mass is 10.1. The first-order valence-corrected chi connectivity index (χ1v) is 8.16. The van der Waals surface area contributed by atoms with Gasteiger partial charge in [0.2, 0.25) is 0 Å². The number of nitrogens with one attached hydrogen (secondary N) is 1. The van der Waals surface area contributed by atoms with Gasteiger partial charge in [0, 0.05) is 45.8 Å². The molecule has 0 bridgehead atoms. The van der Waals surface area contributed by atoms with E-state index in [1.54, 1.807) is 9.58 Å². The Hall–Kier alpha value is -2.38. The van der Waals surface area contributed by atoms with Crippen LogP contribution in [0.2, 0.25) is 0 Å². The number of urea groups is 1. The largest absolute Gasteiger partial charge is 0.395 e. The lowest BCUT2D eigenvalue weighted by Gasteiger charge is -2.34. The van der Waals surface area contributed by atoms with E-state index in [4.69, 9.17) is 5.11 Å². The van der Waals surface area contributed by atoms with Crippen molar-refractivity contribution in [2.45, 2.75) is 0 Å². The van der Waals surface area contributed by atoms with Gasteiger partial charge in [-0.1, -0.05) is 30.3 Å². The summed E-state index contributed by atoms with van der Waals surface area (Å²) in [5, 5.41) is 16.2. The van der Waals surface area contributed by atoms with E-state index in [2.05, 4.69) is 15.3 Å². The van der Waals surface area contributed by atoms with E-state index in [9.17, 15) is 4.79 Å². The van der Waals surface area contributed by atoms with Crippen molar-refractivity contribution >= 4 is 11.8 Å². The highest BCUT2D eigenvalue weighted by Crippen LogP contribution is 2.21. The molecule has 7 nitrogen and oxygen atoms in total. The number of piperazine rings is 1. The predicted octanol–water partition coefficient (Wildman–Crippen LogP) is 1.23. The Labute approximate surface area is 141 Å². The SMILES string of the molecule is Cn1nc(NC(=O)N2CCN(CCO)CC2)cc1-c1ccccc1. The highest BCUT2D eigenvalue weighted by molar-refractivity contribution is 5.89. The smallest absolute Gasteiger partial charge is 0.323 e. The maximum atomic E-state index is 12.4. The third-order valence-corrected chi connectivity index (χ3v) is 4.26. The molecular formula is C17H23N5O2. The molecule has 2 amide bonds. The maximum absolute atomic E-state index is 12.4. The number of benzene rings is 1. The van der Waals surface area contributed by atoms with Gasteiger partial charge in [-0.3, -0.25) is 14.9 Å². The Morgan fingerprint density at radius 3 is 2.58 bits per heavy atom. The number of β-amino-alcohol motifs (C(OH)–C–C–N with tert-alkyl or cyclic N) is 1. The quantitative estimate of drug-likeness (QED) is 0.885. The van der Waals surface area contributed by atoms with Crippen molar-refractivity contribution in [1.29, 1.82) is 0 Å². The molecular weight excluding hydrogens is 306 g/mol. The number of anilines is 1. The van der Waals surface area contributed by atoms with Gasteiger partial charge in [0.1, 0.15) is 0 Å². The molecule has 1 saturated heterocycles. The number of aryl methyl sites for hydroxylation is 1. The van der Waals surface area contributed by atoms with E-state index in [0.29, 0.717) is 25.5 Å². The number of carbonyl (C=O) groups is 1. The van der Waals surface area contributed by atoms with Gasteiger partial charge in [0.25, 0.3) is 0 Å². The van der Waals surface area contributed by atoms with Crippen LogP contribution in [-0.2, 0) is 7.05 Å². The summed E-state index contributed by atoms with van der Waals surface area (Å²) in [6.45, 7) is 3.70. The third kappa shape index (κ3) is 3.74. The van der Waals surface area contributed by atoms with E-state index in [0.717, 1.165) is 24.3 Å². The number of aliphatic hydroxyl groups is 1. The molecule has 0 atom stereocenters. The Bertz CT molecular complexity index is 678. The van der Waals surface area contributed by atoms with Crippen LogP contribution in [0.15, 0.2) is 36.4 Å². The minimum absolute atomic E-state index is 0.128. The number of hydrogen-bond donors (Lipinski definition) is 2. The van der Waals surface area contributed by atoms with Crippen molar-refractivity contribution in [3.05, 3.63) is 36.4 Å². The average molecular weight is 329 g/mol. The fourth-order valence-electron chi connectivity index (χ4n) is 2.91. The average Bonchev–Trinajstić information content (AvgIpc) is 2.97. The van der Waals surface area contributed by atoms with Gasteiger partial charge in [0.05, 0.1) is 12.3 Å². The molecule has 2 heterocycles. The van der Waals surface area contributed by atoms with Gasteiger partial charge in [-0.25, -0.2) is 4.79 Å². The zero-order valence-electron chi connectivity index (χ0n) is 13.9. The first-order valence-electron chi connectivity index (χ1n) is 8.16. The van der Waals surface area contributed by atoms with Gasteiger partial charge in [0.15, 0.2) is 5.82 Å². The molecule has 2 N–H and O–H groups in total. The summed E-state index contributed by atoms with van der Waals surface area (Å²) in [4.78, 5) is 16.3. The van der Waals surface area contributed by atoms with Crippen LogP contribution in [0.4, 0.5) is 10.6 Å². The summed E-state index contributed by atoms with van der Waals surface area (Å²) in [5.41, 5.74) is 2.02. The summed E-state index contributed by atoms with van der Waals surface area (Å²) in [5.74, 6) is 0.555. The monoisotopic (exact) mass is 329 g/mol. The maximum Gasteiger partial charge on any atom is 0.323 e. The molecule has 1 fully saturated rings. The summed E-state index contributed by atoms with van der Waals surface area (Å²) in [6.07, 6.45) is 0. The van der Waals surface area contributed by atoms with Crippen LogP contribution < -0.4 is 5.32 Å². The Balaban J connectivity index is 1.62. The molecule has 1 aromatic carbocycles. The topological polar surface area (TPSA) is 73.6 Å². The molecule has 3 rings (SSSR count). The van der Waals surface area contributed by atoms with Crippen molar-refractivity contribution < 1.29 is 9.90 Å². The molecule has 128 valence electrons. The molecule has 0 radical (unpaired) electrons. The van der Waals surface area contributed by atoms with Crippen LogP contribution in [-0.4, -0.2) is 70.0 Å². The predicted molar refractivity (Wildman–Crippen MR) is 92.8 cm³/mol. The molecule has 0 spiro atoms. The van der Waals surface area contributed by atoms with E-state index in [-0.39, 0.29) is 12.6 Å². The Morgan fingerprint density at radius 1 is 1.21 bits per heavy atom. The zero-order chi connectivity index (χ0) is 16.9. The van der Waals surface area contributed by atoms with Crippen molar-refractivity contribution in [2.24, 2.45) is 7.05 Å². The summed E-state index contributed by atoms with van der Waals surface area (Å²) < 4.78 is 1.77. The van der Waals surface area contributed by atoms with Crippen molar-refractivity contribution in [3.63, 3.8) is 0 Å². The first-order chi connectivity index (χ1) is 11.7. The minimum Gasteiger partial charge on any atom is -0.395 e. The van der Waals surface area contributed by atoms with Gasteiger partial charge in [-0.15, -0.1) is 0 Å². The number of aliphatic hydroxyl groups excluding tert-OH is 1. The fourth-order valence-corrected chi connectivity index (χ4v) is 2.91. The van der Waals surface area contributed by atoms with Crippen molar-refractivity contribution in [1.82, 2.24) is 19.6 Å². The number of rotatable bonds is 4. The Kier molecular flexibility index (Phi) is 5.12. The lowest BCUT2D eigenvalue weighted by molar-refractivity contribution is 0.127. The van der Waals surface area contributed by atoms with E-state index < -0.39 is 0 Å². The van der Waals surface area contributed by atoms with Crippen LogP contribution in [0.3, 0.4) is 0 Å². The van der Waals surface area contributed by atoms with Crippen LogP contribution in [0.1, 0.15) is 0 Å². The van der Waals surface area contributed by atoms with Crippen molar-refractivity contribution in [3.8, 4) is 11.3 Å². The minimum atomic E-state index is -0.128. The summed E-state index contributed by atoms with van der Waals surface area (Å²) >= 11 is 0. The number of carbonyl (C=O) groups excluding carboxylic acids is 1. The lowest BCUT2D eigenvalue weighted by Crippen LogP contribution is -2.50. The molecule has 24 heavy (non-hydrogen) atoms. The van der Waals surface area contributed by atoms with Crippen LogP contribution >= 0.6 is 0 Å². The number of nitrogens with zero attached hydrogens (tertiary/aromatic N) is 4. The number of amides is 2. The highest BCUT2D eigenvalue weighted by Gasteiger charge is 2.21. The number of aromatic nitrogens is 2. The van der Waals surface area contributed by atoms with Crippen LogP contribution in [0, 0.1) is 0 Å². The first kappa shape index (κ1) is 16.5. The summed E-state index contributed by atoms with van der Waals surface area (Å²) in [7, 11) is 1.87. The van der Waals surface area contributed by atoms with E-state index >= 15 is 0 Å². The van der Waals surface area contributed by atoms with Gasteiger partial charge in [-0.2, -0.15) is 5.10 Å². The van der Waals surface area contributed by atoms with E-state index in [1.165, 1.54) is 0 Å². The highest BCUT2D eigenvalue weighted by atomic mass is 16.3. The standard InChI is InChI=1S/C17H23N5O2/c1-20-15(14-5-3-2-4-6-14)13-16(19-20)18-17(24)22-9-7-21(8-10-22)11-12-23/h2-6,13,23H,7-12H2,1H3,(H,18,19,24). The second kappa shape index (κ2) is 7.46. The van der Waals surface area contributed by atoms with Crippen LogP contribution in [0.5, 0.6) is 0 Å². The van der Waals surface area contributed by atoms with Gasteiger partial charge in [-0.05, 0) is 5.56 Å². The van der Waals surface area contributed by atoms with Crippen molar-refractivity contribution in [2.75, 3.05) is 44.6 Å². The second-order valence-corrected chi connectivity index (χ2v) is 5.89. The van der Waals surface area contributed by atoms with E-state index in [1.807, 2.05) is 43.4 Å². The van der Waals surface area contributed by atoms with Crippen LogP contribution in [0.25, 0.3) is 11.3 Å². The summed E-state index contributed by atoms with van der Waals surface area (Å²) in [6, 6.07) is 11.7. The molecule has 1 aromatic heterocycles. The molecule has 1 aliphatic heterocycles. The van der Waals surface area contributed by atoms with Gasteiger partial charge >= 0.3 is 6.03 Å². The molecule has 0 unspecified atom stereocenters. The Morgan fingerprint density at radius 2 is 1.92 bits per heavy atom. The second-order valence-electron chi connectivity index (χ2n) is 5.89. The molecule has 1 aliphatic rings. The third-order valence-electron chi connectivity index (χ3n) is 4.26. The molecule has 0 aliphatic carbocycles. The fraction of sp³-hybridized carbons (Fsp3) is 0.412. The number of hydrogen-bond acceptors (Lipinski definition) is 4. The normalized spacial score (nSPS) is 15.5. The molecule has 2 aromatic rings. The molecule has 0 saturated carbocycles. The molecule has 7 heteroatoms. The zero-order valence-corrected chi connectivity index (χ0v) is 13.9.